The molecule has 0 spiro atoms. The van der Waals surface area contributed by atoms with Gasteiger partial charge in [-0.1, -0.05) is 5.16 Å². The number of nitrogens with zero attached hydrogens (tertiary/aromatic N) is 3. The van der Waals surface area contributed by atoms with Gasteiger partial charge in [-0.3, -0.25) is 0 Å². The Morgan fingerprint density at radius 2 is 2.21 bits per heavy atom. The fourth-order valence-electron chi connectivity index (χ4n) is 1.58. The molecule has 98 valence electrons. The third-order valence-corrected chi connectivity index (χ3v) is 2.80. The van der Waals surface area contributed by atoms with E-state index in [4.69, 9.17) is 13.4 Å². The summed E-state index contributed by atoms with van der Waals surface area (Å²) >= 11 is 3.17. The van der Waals surface area contributed by atoms with Crippen molar-refractivity contribution in [1.82, 2.24) is 14.9 Å². The summed E-state index contributed by atoms with van der Waals surface area (Å²) in [5, 5.41) is 7.83. The van der Waals surface area contributed by atoms with Crippen LogP contribution in [0.15, 0.2) is 41.0 Å². The zero-order chi connectivity index (χ0) is 13.4. The molecule has 7 nitrogen and oxygen atoms in total. The second kappa shape index (κ2) is 4.54. The molecule has 3 aromatic heterocycles. The molecule has 0 aliphatic heterocycles. The van der Waals surface area contributed by atoms with Gasteiger partial charge in [0, 0.05) is 6.07 Å². The number of hydrogen-bond donors (Lipinski definition) is 0. The molecular weight excluding hydrogens is 318 g/mol. The first kappa shape index (κ1) is 12.0. The molecule has 0 aliphatic carbocycles. The molecule has 0 aromatic carbocycles. The molecule has 0 saturated carbocycles. The minimum atomic E-state index is -0.580. The van der Waals surface area contributed by atoms with Crippen molar-refractivity contribution in [2.75, 3.05) is 0 Å². The molecule has 3 rings (SSSR count). The third kappa shape index (κ3) is 2.39. The van der Waals surface area contributed by atoms with Crippen LogP contribution in [-0.4, -0.2) is 14.9 Å². The quantitative estimate of drug-likeness (QED) is 0.733. The molecule has 3 heterocycles. The van der Waals surface area contributed by atoms with Gasteiger partial charge in [-0.05, 0) is 35.0 Å². The van der Waals surface area contributed by atoms with E-state index in [-0.39, 0.29) is 12.4 Å². The zero-order valence-corrected chi connectivity index (χ0v) is 11.4. The number of rotatable bonds is 3. The first-order valence-corrected chi connectivity index (χ1v) is 6.17. The molecule has 0 bridgehead atoms. The molecule has 0 N–H and O–H groups in total. The summed E-state index contributed by atoms with van der Waals surface area (Å²) in [6.07, 6.45) is 0. The van der Waals surface area contributed by atoms with Crippen molar-refractivity contribution in [2.45, 2.75) is 13.5 Å². The Morgan fingerprint density at radius 3 is 2.84 bits per heavy atom. The van der Waals surface area contributed by atoms with E-state index in [0.717, 1.165) is 4.68 Å². The van der Waals surface area contributed by atoms with Crippen molar-refractivity contribution in [3.05, 3.63) is 44.9 Å². The lowest BCUT2D eigenvalue weighted by Gasteiger charge is -1.91. The van der Waals surface area contributed by atoms with E-state index in [9.17, 15) is 4.79 Å². The van der Waals surface area contributed by atoms with Crippen LogP contribution >= 0.6 is 15.9 Å². The Balaban J connectivity index is 1.91. The monoisotopic (exact) mass is 325 g/mol. The Morgan fingerprint density at radius 1 is 1.37 bits per heavy atom. The predicted octanol–water partition coefficient (Wildman–Crippen LogP) is 2.20. The zero-order valence-electron chi connectivity index (χ0n) is 9.79. The molecule has 0 radical (unpaired) electrons. The van der Waals surface area contributed by atoms with E-state index in [1.165, 1.54) is 0 Å². The predicted molar refractivity (Wildman–Crippen MR) is 66.5 cm³/mol. The van der Waals surface area contributed by atoms with Crippen LogP contribution in [0, 0.1) is 6.92 Å². The number of aryl methyl sites for hydroxylation is 1. The largest absolute Gasteiger partial charge is 0.444 e. The van der Waals surface area contributed by atoms with Crippen LogP contribution in [0.3, 0.4) is 0 Å². The second-order valence-corrected chi connectivity index (χ2v) is 4.65. The first-order valence-electron chi connectivity index (χ1n) is 5.37. The fourth-order valence-corrected chi connectivity index (χ4v) is 1.89. The standard InChI is InChI=1S/C11H8BrN3O4/c1-6-4-7(14-19-6)5-15-11(16)18-10(13-15)8-2-3-9(12)17-8/h2-4H,5H2,1H3. The van der Waals surface area contributed by atoms with Crippen LogP contribution in [-0.2, 0) is 6.54 Å². The number of furan rings is 1. The molecule has 8 heteroatoms. The third-order valence-electron chi connectivity index (χ3n) is 2.38. The molecule has 0 amide bonds. The van der Waals surface area contributed by atoms with Crippen molar-refractivity contribution in [1.29, 1.82) is 0 Å². The topological polar surface area (TPSA) is 87.2 Å². The van der Waals surface area contributed by atoms with Crippen LogP contribution in [0.4, 0.5) is 0 Å². The average molecular weight is 326 g/mol. The van der Waals surface area contributed by atoms with E-state index in [0.29, 0.717) is 21.9 Å². The fraction of sp³-hybridized carbons (Fsp3) is 0.182. The van der Waals surface area contributed by atoms with Gasteiger partial charge < -0.3 is 13.4 Å². The van der Waals surface area contributed by atoms with Gasteiger partial charge in [-0.15, -0.1) is 5.10 Å². The van der Waals surface area contributed by atoms with Crippen LogP contribution < -0.4 is 5.76 Å². The van der Waals surface area contributed by atoms with Gasteiger partial charge in [0.1, 0.15) is 11.5 Å². The van der Waals surface area contributed by atoms with E-state index in [1.54, 1.807) is 25.1 Å². The van der Waals surface area contributed by atoms with Crippen molar-refractivity contribution in [2.24, 2.45) is 0 Å². The van der Waals surface area contributed by atoms with E-state index < -0.39 is 5.76 Å². The average Bonchev–Trinajstić information content (AvgIpc) is 3.03. The summed E-state index contributed by atoms with van der Waals surface area (Å²) < 4.78 is 16.9. The Hall–Kier alpha value is -2.09. The van der Waals surface area contributed by atoms with Gasteiger partial charge >= 0.3 is 5.76 Å². The smallest absolute Gasteiger partial charge is 0.437 e. The minimum absolute atomic E-state index is 0.121. The van der Waals surface area contributed by atoms with Crippen LogP contribution in [0.25, 0.3) is 11.7 Å². The summed E-state index contributed by atoms with van der Waals surface area (Å²) in [5.74, 6) is 0.583. The summed E-state index contributed by atoms with van der Waals surface area (Å²) in [7, 11) is 0. The highest BCUT2D eigenvalue weighted by atomic mass is 79.9. The molecule has 3 aromatic rings. The number of hydrogen-bond acceptors (Lipinski definition) is 6. The van der Waals surface area contributed by atoms with Crippen molar-refractivity contribution in [3.63, 3.8) is 0 Å². The summed E-state index contributed by atoms with van der Waals surface area (Å²) in [6.45, 7) is 1.95. The highest BCUT2D eigenvalue weighted by Crippen LogP contribution is 2.22. The van der Waals surface area contributed by atoms with Gasteiger partial charge in [0.2, 0.25) is 0 Å². The van der Waals surface area contributed by atoms with Gasteiger partial charge in [0.05, 0.1) is 6.54 Å². The Bertz CT molecular complexity index is 767. The summed E-state index contributed by atoms with van der Waals surface area (Å²) in [6, 6.07) is 5.07. The maximum Gasteiger partial charge on any atom is 0.437 e. The molecule has 0 unspecified atom stereocenters. The van der Waals surface area contributed by atoms with Crippen molar-refractivity contribution in [3.8, 4) is 11.7 Å². The van der Waals surface area contributed by atoms with Crippen LogP contribution in [0.2, 0.25) is 0 Å². The number of halogens is 1. The van der Waals surface area contributed by atoms with E-state index in [2.05, 4.69) is 26.2 Å². The lowest BCUT2D eigenvalue weighted by atomic mass is 10.4. The lowest BCUT2D eigenvalue weighted by molar-refractivity contribution is 0.386. The maximum absolute atomic E-state index is 11.7. The second-order valence-electron chi connectivity index (χ2n) is 3.86. The van der Waals surface area contributed by atoms with Gasteiger partial charge in [0.25, 0.3) is 5.89 Å². The highest BCUT2D eigenvalue weighted by Gasteiger charge is 2.14. The maximum atomic E-state index is 11.7. The van der Waals surface area contributed by atoms with Crippen LogP contribution in [0.5, 0.6) is 0 Å². The lowest BCUT2D eigenvalue weighted by Crippen LogP contribution is -2.16. The molecule has 19 heavy (non-hydrogen) atoms. The molecule has 0 fully saturated rings. The van der Waals surface area contributed by atoms with E-state index in [1.807, 2.05) is 0 Å². The first-order chi connectivity index (χ1) is 9.11. The SMILES string of the molecule is Cc1cc(Cn2nc(-c3ccc(Br)o3)oc2=O)no1. The van der Waals surface area contributed by atoms with Crippen LogP contribution in [0.1, 0.15) is 11.5 Å². The Labute approximate surface area is 114 Å². The van der Waals surface area contributed by atoms with Crippen molar-refractivity contribution < 1.29 is 13.4 Å². The molecular formula is C11H8BrN3O4. The van der Waals surface area contributed by atoms with Gasteiger partial charge in [-0.2, -0.15) is 4.68 Å². The minimum Gasteiger partial charge on any atom is -0.444 e. The van der Waals surface area contributed by atoms with Gasteiger partial charge in [-0.25, -0.2) is 4.79 Å². The normalized spacial score (nSPS) is 11.1. The summed E-state index contributed by atoms with van der Waals surface area (Å²) in [4.78, 5) is 11.7. The number of aromatic nitrogens is 3. The van der Waals surface area contributed by atoms with E-state index >= 15 is 0 Å². The highest BCUT2D eigenvalue weighted by molar-refractivity contribution is 9.10. The van der Waals surface area contributed by atoms with Crippen molar-refractivity contribution >= 4 is 15.9 Å². The molecule has 0 saturated heterocycles. The molecule has 0 aliphatic rings. The Kier molecular flexibility index (Phi) is 2.86. The van der Waals surface area contributed by atoms with Gasteiger partial charge in [0.15, 0.2) is 10.4 Å². The summed E-state index contributed by atoms with van der Waals surface area (Å²) in [5.41, 5.74) is 0.597. The molecule has 0 atom stereocenters.